The standard InChI is InChI=1S/C24H32N6O4S/c1-14(31)19-11-15(13-35-19)26-22(32)16-12-25-30-10-9-20(29-21(16)30)27-17-7-5-6-8-18(17)28-23(33)34-24(2,3)4/h9-14,17-18,31H,5-8H2,1-4H3,(H,26,32)(H,27,29)(H,28,33)/t14?,17-,18+/m1/s1. The SMILES string of the molecule is CC(O)c1cc(NC(=O)c2cnn3ccc(N[C@@H]4CCCC[C@@H]4NC(=O)OC(C)(C)C)nc23)cs1. The molecule has 0 bridgehead atoms. The van der Waals surface area contributed by atoms with E-state index in [9.17, 15) is 14.7 Å². The van der Waals surface area contributed by atoms with Crippen LogP contribution in [0.4, 0.5) is 16.3 Å². The van der Waals surface area contributed by atoms with Gasteiger partial charge in [-0.3, -0.25) is 4.79 Å². The number of aliphatic hydroxyl groups excluding tert-OH is 1. The molecule has 0 saturated heterocycles. The molecule has 0 spiro atoms. The van der Waals surface area contributed by atoms with Crippen LogP contribution in [0, 0.1) is 0 Å². The number of hydrogen-bond acceptors (Lipinski definition) is 8. The summed E-state index contributed by atoms with van der Waals surface area (Å²) in [6.45, 7) is 7.20. The Labute approximate surface area is 208 Å². The number of nitrogens with one attached hydrogen (secondary N) is 3. The highest BCUT2D eigenvalue weighted by molar-refractivity contribution is 7.10. The Bertz CT molecular complexity index is 1200. The molecule has 1 unspecified atom stereocenters. The van der Waals surface area contributed by atoms with E-state index in [4.69, 9.17) is 4.74 Å². The quantitative estimate of drug-likeness (QED) is 0.396. The number of aliphatic hydroxyl groups is 1. The molecule has 0 aliphatic heterocycles. The molecule has 0 aromatic carbocycles. The van der Waals surface area contributed by atoms with Crippen molar-refractivity contribution in [3.8, 4) is 0 Å². The zero-order valence-electron chi connectivity index (χ0n) is 20.4. The first-order valence-corrected chi connectivity index (χ1v) is 12.7. The number of fused-ring (bicyclic) bond motifs is 1. The van der Waals surface area contributed by atoms with Crippen LogP contribution in [-0.4, -0.2) is 49.4 Å². The van der Waals surface area contributed by atoms with Crippen LogP contribution in [0.3, 0.4) is 0 Å². The summed E-state index contributed by atoms with van der Waals surface area (Å²) in [6, 6.07) is 3.44. The summed E-state index contributed by atoms with van der Waals surface area (Å²) >= 11 is 1.38. The minimum absolute atomic E-state index is 0.0175. The highest BCUT2D eigenvalue weighted by atomic mass is 32.1. The van der Waals surface area contributed by atoms with Gasteiger partial charge in [0.1, 0.15) is 17.0 Å². The van der Waals surface area contributed by atoms with Gasteiger partial charge < -0.3 is 25.8 Å². The predicted octanol–water partition coefficient (Wildman–Crippen LogP) is 4.34. The average molecular weight is 501 g/mol. The number of carbonyl (C=O) groups excluding carboxylic acids is 2. The third-order valence-corrected chi connectivity index (χ3v) is 6.81. The smallest absolute Gasteiger partial charge is 0.407 e. The molecule has 2 amide bonds. The molecule has 0 radical (unpaired) electrons. The van der Waals surface area contributed by atoms with Gasteiger partial charge in [-0.15, -0.1) is 11.3 Å². The van der Waals surface area contributed by atoms with Crippen LogP contribution in [-0.2, 0) is 4.74 Å². The molecule has 3 atom stereocenters. The number of thiophene rings is 1. The fraction of sp³-hybridized carbons (Fsp3) is 0.500. The number of anilines is 2. The van der Waals surface area contributed by atoms with Crippen molar-refractivity contribution in [3.63, 3.8) is 0 Å². The lowest BCUT2D eigenvalue weighted by Gasteiger charge is -2.33. The van der Waals surface area contributed by atoms with E-state index < -0.39 is 17.8 Å². The Kier molecular flexibility index (Phi) is 7.27. The van der Waals surface area contributed by atoms with Crippen LogP contribution < -0.4 is 16.0 Å². The molecule has 3 aromatic rings. The maximum absolute atomic E-state index is 12.9. The van der Waals surface area contributed by atoms with E-state index in [-0.39, 0.29) is 18.0 Å². The van der Waals surface area contributed by atoms with Crippen molar-refractivity contribution >= 4 is 40.5 Å². The molecule has 35 heavy (non-hydrogen) atoms. The van der Waals surface area contributed by atoms with Crippen molar-refractivity contribution in [2.24, 2.45) is 0 Å². The molecule has 1 aliphatic rings. The van der Waals surface area contributed by atoms with Crippen LogP contribution in [0.5, 0.6) is 0 Å². The van der Waals surface area contributed by atoms with Gasteiger partial charge in [-0.2, -0.15) is 5.10 Å². The minimum atomic E-state index is -0.591. The second kappa shape index (κ2) is 10.2. The molecular formula is C24H32N6O4S. The first-order valence-electron chi connectivity index (χ1n) is 11.8. The molecule has 1 fully saturated rings. The van der Waals surface area contributed by atoms with Gasteiger partial charge in [0, 0.05) is 22.5 Å². The highest BCUT2D eigenvalue weighted by Crippen LogP contribution is 2.26. The van der Waals surface area contributed by atoms with Gasteiger partial charge in [-0.05, 0) is 52.7 Å². The molecule has 3 aromatic heterocycles. The Balaban J connectivity index is 1.48. The fourth-order valence-corrected chi connectivity index (χ4v) is 4.85. The van der Waals surface area contributed by atoms with E-state index in [1.807, 2.05) is 20.8 Å². The van der Waals surface area contributed by atoms with E-state index in [2.05, 4.69) is 26.0 Å². The zero-order chi connectivity index (χ0) is 25.2. The van der Waals surface area contributed by atoms with E-state index in [0.717, 1.165) is 30.6 Å². The van der Waals surface area contributed by atoms with Gasteiger partial charge in [0.2, 0.25) is 0 Å². The second-order valence-corrected chi connectivity index (χ2v) is 10.7. The second-order valence-electron chi connectivity index (χ2n) is 9.80. The highest BCUT2D eigenvalue weighted by Gasteiger charge is 2.29. The summed E-state index contributed by atoms with van der Waals surface area (Å²) in [5, 5.41) is 25.0. The van der Waals surface area contributed by atoms with Crippen LogP contribution in [0.15, 0.2) is 29.9 Å². The molecular weight excluding hydrogens is 468 g/mol. The average Bonchev–Trinajstić information content (AvgIpc) is 3.40. The number of carbonyl (C=O) groups is 2. The molecule has 1 aliphatic carbocycles. The normalized spacial score (nSPS) is 19.2. The zero-order valence-corrected chi connectivity index (χ0v) is 21.2. The lowest BCUT2D eigenvalue weighted by atomic mass is 9.90. The van der Waals surface area contributed by atoms with Crippen LogP contribution in [0.25, 0.3) is 5.65 Å². The predicted molar refractivity (Wildman–Crippen MR) is 135 cm³/mol. The van der Waals surface area contributed by atoms with Gasteiger partial charge in [-0.1, -0.05) is 12.8 Å². The van der Waals surface area contributed by atoms with Crippen molar-refractivity contribution in [2.45, 2.75) is 77.2 Å². The summed E-state index contributed by atoms with van der Waals surface area (Å²) in [6.07, 6.45) is 6.00. The molecule has 1 saturated carbocycles. The monoisotopic (exact) mass is 500 g/mol. The van der Waals surface area contributed by atoms with Crippen molar-refractivity contribution in [3.05, 3.63) is 40.3 Å². The number of rotatable bonds is 6. The van der Waals surface area contributed by atoms with Crippen molar-refractivity contribution in [1.82, 2.24) is 19.9 Å². The van der Waals surface area contributed by atoms with Crippen LogP contribution >= 0.6 is 11.3 Å². The third-order valence-electron chi connectivity index (χ3n) is 5.70. The lowest BCUT2D eigenvalue weighted by Crippen LogP contribution is -2.49. The van der Waals surface area contributed by atoms with E-state index in [1.54, 1.807) is 35.1 Å². The molecule has 4 N–H and O–H groups in total. The molecule has 4 rings (SSSR count). The number of nitrogens with zero attached hydrogens (tertiary/aromatic N) is 3. The topological polar surface area (TPSA) is 130 Å². The minimum Gasteiger partial charge on any atom is -0.444 e. The number of ether oxygens (including phenoxy) is 1. The van der Waals surface area contributed by atoms with Crippen molar-refractivity contribution in [1.29, 1.82) is 0 Å². The number of amides is 2. The summed E-state index contributed by atoms with van der Waals surface area (Å²) in [4.78, 5) is 30.7. The number of alkyl carbamates (subject to hydrolysis) is 1. The number of aromatic nitrogens is 3. The van der Waals surface area contributed by atoms with Gasteiger partial charge >= 0.3 is 6.09 Å². The van der Waals surface area contributed by atoms with E-state index >= 15 is 0 Å². The van der Waals surface area contributed by atoms with E-state index in [0.29, 0.717) is 22.7 Å². The number of hydrogen-bond donors (Lipinski definition) is 4. The summed E-state index contributed by atoms with van der Waals surface area (Å²) < 4.78 is 6.98. The van der Waals surface area contributed by atoms with Crippen LogP contribution in [0.1, 0.15) is 74.7 Å². The van der Waals surface area contributed by atoms with Gasteiger partial charge in [0.25, 0.3) is 5.91 Å². The fourth-order valence-electron chi connectivity index (χ4n) is 4.07. The Morgan fingerprint density at radius 2 is 2.00 bits per heavy atom. The maximum Gasteiger partial charge on any atom is 0.407 e. The molecule has 10 nitrogen and oxygen atoms in total. The lowest BCUT2D eigenvalue weighted by molar-refractivity contribution is 0.0488. The van der Waals surface area contributed by atoms with Gasteiger partial charge in [-0.25, -0.2) is 14.3 Å². The Morgan fingerprint density at radius 3 is 2.69 bits per heavy atom. The van der Waals surface area contributed by atoms with E-state index in [1.165, 1.54) is 17.5 Å². The third kappa shape index (κ3) is 6.29. The largest absolute Gasteiger partial charge is 0.444 e. The van der Waals surface area contributed by atoms with Gasteiger partial charge in [0.05, 0.1) is 24.0 Å². The van der Waals surface area contributed by atoms with Crippen LogP contribution in [0.2, 0.25) is 0 Å². The molecule has 3 heterocycles. The summed E-state index contributed by atoms with van der Waals surface area (Å²) in [5.41, 5.74) is 0.813. The van der Waals surface area contributed by atoms with Crippen molar-refractivity contribution in [2.75, 3.05) is 10.6 Å². The summed E-state index contributed by atoms with van der Waals surface area (Å²) in [5.74, 6) is 0.267. The van der Waals surface area contributed by atoms with Crippen molar-refractivity contribution < 1.29 is 19.4 Å². The van der Waals surface area contributed by atoms with Gasteiger partial charge in [0.15, 0.2) is 5.65 Å². The first kappa shape index (κ1) is 24.9. The summed E-state index contributed by atoms with van der Waals surface area (Å²) in [7, 11) is 0. The Hall–Kier alpha value is -3.18. The molecule has 11 heteroatoms. The maximum atomic E-state index is 12.9. The molecule has 188 valence electrons. The first-order chi connectivity index (χ1) is 16.6. The Morgan fingerprint density at radius 1 is 1.26 bits per heavy atom.